The van der Waals surface area contributed by atoms with Gasteiger partial charge in [0.05, 0.1) is 0 Å². The molecule has 0 heterocycles. The molecule has 7 heteroatoms. The van der Waals surface area contributed by atoms with Crippen LogP contribution in [0.5, 0.6) is 0 Å². The van der Waals surface area contributed by atoms with Crippen molar-refractivity contribution in [1.82, 2.24) is 4.72 Å². The molecule has 0 bridgehead atoms. The van der Waals surface area contributed by atoms with Crippen LogP contribution in [-0.2, 0) is 10.0 Å². The highest BCUT2D eigenvalue weighted by atomic mass is 35.5. The molecule has 1 aromatic rings. The quantitative estimate of drug-likeness (QED) is 0.860. The molecule has 4 nitrogen and oxygen atoms in total. The van der Waals surface area contributed by atoms with Crippen LogP contribution in [0.15, 0.2) is 23.1 Å². The molecular formula is C10H13ClFNO3S. The van der Waals surface area contributed by atoms with Crippen molar-refractivity contribution >= 4 is 21.6 Å². The molecule has 0 aliphatic rings. The summed E-state index contributed by atoms with van der Waals surface area (Å²) < 4.78 is 39.2. The number of sulfonamides is 1. The number of hydrogen-bond donors (Lipinski definition) is 2. The van der Waals surface area contributed by atoms with Crippen LogP contribution >= 0.6 is 11.6 Å². The fraction of sp³-hybridized carbons (Fsp3) is 0.400. The SMILES string of the molecule is CC(CCO)NS(=O)(=O)c1ccc(Cl)cc1F. The number of aliphatic hydroxyl groups is 1. The van der Waals surface area contributed by atoms with Crippen molar-refractivity contribution in [3.05, 3.63) is 29.0 Å². The van der Waals surface area contributed by atoms with E-state index in [1.807, 2.05) is 0 Å². The Balaban J connectivity index is 2.97. The van der Waals surface area contributed by atoms with Gasteiger partial charge in [-0.05, 0) is 31.5 Å². The zero-order valence-corrected chi connectivity index (χ0v) is 10.7. The lowest BCUT2D eigenvalue weighted by Crippen LogP contribution is -2.33. The second kappa shape index (κ2) is 5.77. The lowest BCUT2D eigenvalue weighted by Gasteiger charge is -2.13. The second-order valence-corrected chi connectivity index (χ2v) is 5.73. The molecule has 0 aliphatic heterocycles. The van der Waals surface area contributed by atoms with E-state index >= 15 is 0 Å². The van der Waals surface area contributed by atoms with Gasteiger partial charge in [0.25, 0.3) is 0 Å². The van der Waals surface area contributed by atoms with Crippen molar-refractivity contribution in [3.8, 4) is 0 Å². The predicted octanol–water partition coefficient (Wildman–Crippen LogP) is 1.53. The third-order valence-corrected chi connectivity index (χ3v) is 3.96. The van der Waals surface area contributed by atoms with Gasteiger partial charge in [0.1, 0.15) is 10.7 Å². The van der Waals surface area contributed by atoms with Gasteiger partial charge in [0, 0.05) is 17.7 Å². The van der Waals surface area contributed by atoms with E-state index in [2.05, 4.69) is 4.72 Å². The van der Waals surface area contributed by atoms with Crippen LogP contribution < -0.4 is 4.72 Å². The molecule has 17 heavy (non-hydrogen) atoms. The summed E-state index contributed by atoms with van der Waals surface area (Å²) in [4.78, 5) is -0.452. The maximum absolute atomic E-state index is 13.4. The molecule has 0 saturated carbocycles. The van der Waals surface area contributed by atoms with Crippen LogP contribution in [0.25, 0.3) is 0 Å². The first-order valence-corrected chi connectivity index (χ1v) is 6.81. The zero-order valence-electron chi connectivity index (χ0n) is 9.15. The number of halogens is 2. The number of aliphatic hydroxyl groups excluding tert-OH is 1. The summed E-state index contributed by atoms with van der Waals surface area (Å²) in [5.41, 5.74) is 0. The van der Waals surface area contributed by atoms with Gasteiger partial charge >= 0.3 is 0 Å². The van der Waals surface area contributed by atoms with Gasteiger partial charge in [0.2, 0.25) is 10.0 Å². The van der Waals surface area contributed by atoms with Gasteiger partial charge in [-0.3, -0.25) is 0 Å². The molecule has 1 rings (SSSR count). The maximum Gasteiger partial charge on any atom is 0.243 e. The summed E-state index contributed by atoms with van der Waals surface area (Å²) in [6.45, 7) is 1.44. The van der Waals surface area contributed by atoms with E-state index in [0.29, 0.717) is 0 Å². The Morgan fingerprint density at radius 3 is 2.71 bits per heavy atom. The fourth-order valence-corrected chi connectivity index (χ4v) is 2.77. The number of rotatable bonds is 5. The third kappa shape index (κ3) is 3.92. The maximum atomic E-state index is 13.4. The Morgan fingerprint density at radius 2 is 2.18 bits per heavy atom. The first-order valence-electron chi connectivity index (χ1n) is 4.95. The van der Waals surface area contributed by atoms with Gasteiger partial charge in [-0.2, -0.15) is 0 Å². The fourth-order valence-electron chi connectivity index (χ4n) is 1.27. The zero-order chi connectivity index (χ0) is 13.1. The lowest BCUT2D eigenvalue weighted by atomic mass is 10.3. The summed E-state index contributed by atoms with van der Waals surface area (Å²) in [5.74, 6) is -0.902. The molecule has 0 radical (unpaired) electrons. The van der Waals surface area contributed by atoms with Gasteiger partial charge in [-0.1, -0.05) is 11.6 Å². The van der Waals surface area contributed by atoms with Crippen molar-refractivity contribution in [2.45, 2.75) is 24.3 Å². The van der Waals surface area contributed by atoms with E-state index in [1.54, 1.807) is 6.92 Å². The largest absolute Gasteiger partial charge is 0.396 e. The van der Waals surface area contributed by atoms with Crippen LogP contribution in [0.2, 0.25) is 5.02 Å². The van der Waals surface area contributed by atoms with Gasteiger partial charge < -0.3 is 5.11 Å². The smallest absolute Gasteiger partial charge is 0.243 e. The van der Waals surface area contributed by atoms with E-state index < -0.39 is 26.8 Å². The Bertz CT molecular complexity index is 492. The van der Waals surface area contributed by atoms with Gasteiger partial charge in [-0.15, -0.1) is 0 Å². The molecule has 1 atom stereocenters. The van der Waals surface area contributed by atoms with Gasteiger partial charge in [-0.25, -0.2) is 17.5 Å². The number of benzene rings is 1. The summed E-state index contributed by atoms with van der Waals surface area (Å²) in [6, 6.07) is 2.87. The second-order valence-electron chi connectivity index (χ2n) is 3.61. The Kier molecular flexibility index (Phi) is 4.88. The highest BCUT2D eigenvalue weighted by Gasteiger charge is 2.21. The minimum atomic E-state index is -3.92. The van der Waals surface area contributed by atoms with Crippen LogP contribution in [0.3, 0.4) is 0 Å². The van der Waals surface area contributed by atoms with E-state index in [1.165, 1.54) is 6.07 Å². The van der Waals surface area contributed by atoms with Crippen LogP contribution in [0, 0.1) is 5.82 Å². The summed E-state index contributed by atoms with van der Waals surface area (Å²) in [7, 11) is -3.92. The minimum absolute atomic E-state index is 0.129. The van der Waals surface area contributed by atoms with Gasteiger partial charge in [0.15, 0.2) is 0 Å². The Hall–Kier alpha value is -0.690. The monoisotopic (exact) mass is 281 g/mol. The van der Waals surface area contributed by atoms with Crippen LogP contribution in [0.1, 0.15) is 13.3 Å². The molecule has 1 aromatic carbocycles. The molecule has 0 saturated heterocycles. The number of nitrogens with one attached hydrogen (secondary N) is 1. The van der Waals surface area contributed by atoms with E-state index in [0.717, 1.165) is 12.1 Å². The molecular weight excluding hydrogens is 269 g/mol. The summed E-state index contributed by atoms with van der Waals surface area (Å²) in [5, 5.41) is 8.80. The first-order chi connectivity index (χ1) is 7.86. The third-order valence-electron chi connectivity index (χ3n) is 2.10. The normalized spacial score (nSPS) is 13.6. The van der Waals surface area contributed by atoms with E-state index in [9.17, 15) is 12.8 Å². The molecule has 0 amide bonds. The average molecular weight is 282 g/mol. The molecule has 0 aromatic heterocycles. The number of hydrogen-bond acceptors (Lipinski definition) is 3. The lowest BCUT2D eigenvalue weighted by molar-refractivity contribution is 0.275. The van der Waals surface area contributed by atoms with Crippen molar-refractivity contribution in [3.63, 3.8) is 0 Å². The summed E-state index contributed by atoms with van der Waals surface area (Å²) in [6.07, 6.45) is 0.258. The van der Waals surface area contributed by atoms with Crippen LogP contribution in [0.4, 0.5) is 4.39 Å². The summed E-state index contributed by atoms with van der Waals surface area (Å²) >= 11 is 5.53. The molecule has 96 valence electrons. The van der Waals surface area contributed by atoms with Crippen molar-refractivity contribution in [2.24, 2.45) is 0 Å². The van der Waals surface area contributed by atoms with E-state index in [-0.39, 0.29) is 18.1 Å². The molecule has 0 spiro atoms. The standard InChI is InChI=1S/C10H13ClFNO3S/c1-7(4-5-14)13-17(15,16)10-3-2-8(11)6-9(10)12/h2-3,6-7,13-14H,4-5H2,1H3. The molecule has 1 unspecified atom stereocenters. The van der Waals surface area contributed by atoms with Crippen molar-refractivity contribution in [2.75, 3.05) is 6.61 Å². The highest BCUT2D eigenvalue weighted by molar-refractivity contribution is 7.89. The van der Waals surface area contributed by atoms with E-state index in [4.69, 9.17) is 16.7 Å². The first kappa shape index (κ1) is 14.4. The average Bonchev–Trinajstić information content (AvgIpc) is 2.15. The van der Waals surface area contributed by atoms with Crippen LogP contribution in [-0.4, -0.2) is 26.2 Å². The van der Waals surface area contributed by atoms with Crippen molar-refractivity contribution in [1.29, 1.82) is 0 Å². The molecule has 2 N–H and O–H groups in total. The molecule has 0 aliphatic carbocycles. The predicted molar refractivity (Wildman–Crippen MR) is 62.9 cm³/mol. The highest BCUT2D eigenvalue weighted by Crippen LogP contribution is 2.19. The minimum Gasteiger partial charge on any atom is -0.396 e. The van der Waals surface area contributed by atoms with Crippen molar-refractivity contribution < 1.29 is 17.9 Å². The Morgan fingerprint density at radius 1 is 1.53 bits per heavy atom. The topological polar surface area (TPSA) is 66.4 Å². The Labute approximate surface area is 104 Å². The molecule has 0 fully saturated rings.